The lowest BCUT2D eigenvalue weighted by Gasteiger charge is -2.08. The van der Waals surface area contributed by atoms with Crippen LogP contribution in [0, 0.1) is 5.82 Å². The summed E-state index contributed by atoms with van der Waals surface area (Å²) >= 11 is 4.11. The lowest BCUT2D eigenvalue weighted by Crippen LogP contribution is -2.13. The van der Waals surface area contributed by atoms with Crippen molar-refractivity contribution in [2.24, 2.45) is 0 Å². The zero-order valence-electron chi connectivity index (χ0n) is 10.5. The molecule has 2 rings (SSSR count). The number of halogens is 1. The van der Waals surface area contributed by atoms with Gasteiger partial charge in [0.2, 0.25) is 0 Å². The summed E-state index contributed by atoms with van der Waals surface area (Å²) in [6.45, 7) is 2.03. The number of amides is 1. The van der Waals surface area contributed by atoms with Crippen LogP contribution in [0.15, 0.2) is 47.4 Å². The van der Waals surface area contributed by atoms with Crippen molar-refractivity contribution in [1.29, 1.82) is 0 Å². The molecule has 2 aromatic rings. The molecule has 1 amide bonds. The van der Waals surface area contributed by atoms with Crippen LogP contribution in [0.25, 0.3) is 0 Å². The molecule has 0 atom stereocenters. The quantitative estimate of drug-likeness (QED) is 0.817. The van der Waals surface area contributed by atoms with E-state index >= 15 is 0 Å². The summed E-state index contributed by atoms with van der Waals surface area (Å²) < 4.78 is 13.6. The maximum Gasteiger partial charge on any atom is 0.258 e. The Balaban J connectivity index is 2.23. The van der Waals surface area contributed by atoms with Gasteiger partial charge in [-0.15, -0.1) is 12.6 Å². The molecule has 0 aliphatic heterocycles. The molecule has 0 bridgehead atoms. The van der Waals surface area contributed by atoms with E-state index in [0.717, 1.165) is 12.0 Å². The third-order valence-electron chi connectivity index (χ3n) is 2.79. The predicted octanol–water partition coefficient (Wildman–Crippen LogP) is 3.93. The van der Waals surface area contributed by atoms with E-state index in [0.29, 0.717) is 10.6 Å². The monoisotopic (exact) mass is 275 g/mol. The average molecular weight is 275 g/mol. The van der Waals surface area contributed by atoms with Crippen molar-refractivity contribution in [1.82, 2.24) is 0 Å². The van der Waals surface area contributed by atoms with Crippen molar-refractivity contribution in [3.8, 4) is 0 Å². The minimum atomic E-state index is -0.554. The molecular weight excluding hydrogens is 261 g/mol. The Kier molecular flexibility index (Phi) is 4.22. The molecule has 4 heteroatoms. The number of rotatable bonds is 3. The second kappa shape index (κ2) is 5.89. The van der Waals surface area contributed by atoms with Crippen molar-refractivity contribution < 1.29 is 9.18 Å². The van der Waals surface area contributed by atoms with E-state index in [2.05, 4.69) is 17.9 Å². The van der Waals surface area contributed by atoms with Crippen LogP contribution in [0.1, 0.15) is 22.8 Å². The van der Waals surface area contributed by atoms with Crippen molar-refractivity contribution >= 4 is 24.2 Å². The maximum atomic E-state index is 13.6. The predicted molar refractivity (Wildman–Crippen MR) is 77.4 cm³/mol. The van der Waals surface area contributed by atoms with Crippen LogP contribution in [0.2, 0.25) is 0 Å². The summed E-state index contributed by atoms with van der Waals surface area (Å²) in [7, 11) is 0. The standard InChI is InChI=1S/C15H14FNOS/c1-2-10-4-3-5-11(8-10)17-15(18)13-9-12(19)6-7-14(13)16/h3-9,19H,2H2,1H3,(H,17,18). The number of anilines is 1. The summed E-state index contributed by atoms with van der Waals surface area (Å²) in [5.74, 6) is -1.02. The third-order valence-corrected chi connectivity index (χ3v) is 3.07. The molecule has 0 unspecified atom stereocenters. The van der Waals surface area contributed by atoms with Gasteiger partial charge in [0.15, 0.2) is 0 Å². The second-order valence-electron chi connectivity index (χ2n) is 4.17. The molecule has 0 spiro atoms. The highest BCUT2D eigenvalue weighted by molar-refractivity contribution is 7.80. The highest BCUT2D eigenvalue weighted by atomic mass is 32.1. The number of hydrogen-bond donors (Lipinski definition) is 2. The lowest BCUT2D eigenvalue weighted by atomic mass is 10.1. The first kappa shape index (κ1) is 13.6. The number of carbonyl (C=O) groups is 1. The molecule has 2 aromatic carbocycles. The first-order valence-electron chi connectivity index (χ1n) is 5.99. The maximum absolute atomic E-state index is 13.6. The number of thiol groups is 1. The van der Waals surface area contributed by atoms with Crippen molar-refractivity contribution in [3.63, 3.8) is 0 Å². The highest BCUT2D eigenvalue weighted by Gasteiger charge is 2.12. The minimum Gasteiger partial charge on any atom is -0.322 e. The highest BCUT2D eigenvalue weighted by Crippen LogP contribution is 2.17. The van der Waals surface area contributed by atoms with E-state index < -0.39 is 11.7 Å². The normalized spacial score (nSPS) is 10.3. The summed E-state index contributed by atoms with van der Waals surface area (Å²) in [5, 5.41) is 2.69. The summed E-state index contributed by atoms with van der Waals surface area (Å²) in [6, 6.07) is 11.6. The topological polar surface area (TPSA) is 29.1 Å². The van der Waals surface area contributed by atoms with Gasteiger partial charge in [-0.1, -0.05) is 19.1 Å². The van der Waals surface area contributed by atoms with E-state index in [1.807, 2.05) is 25.1 Å². The van der Waals surface area contributed by atoms with Crippen LogP contribution < -0.4 is 5.32 Å². The van der Waals surface area contributed by atoms with Crippen LogP contribution in [0.5, 0.6) is 0 Å². The molecule has 98 valence electrons. The van der Waals surface area contributed by atoms with Gasteiger partial charge in [0, 0.05) is 10.6 Å². The van der Waals surface area contributed by atoms with E-state index in [-0.39, 0.29) is 5.56 Å². The van der Waals surface area contributed by atoms with Gasteiger partial charge in [-0.2, -0.15) is 0 Å². The van der Waals surface area contributed by atoms with E-state index in [1.165, 1.54) is 18.2 Å². The fourth-order valence-corrected chi connectivity index (χ4v) is 1.96. The molecule has 1 N–H and O–H groups in total. The molecule has 0 aromatic heterocycles. The molecular formula is C15H14FNOS. The third kappa shape index (κ3) is 3.35. The smallest absolute Gasteiger partial charge is 0.258 e. The Morgan fingerprint density at radius 2 is 2.05 bits per heavy atom. The summed E-state index contributed by atoms with van der Waals surface area (Å²) in [5.41, 5.74) is 1.77. The van der Waals surface area contributed by atoms with Crippen LogP contribution >= 0.6 is 12.6 Å². The zero-order valence-corrected chi connectivity index (χ0v) is 11.4. The molecule has 0 aliphatic carbocycles. The second-order valence-corrected chi connectivity index (χ2v) is 4.69. The summed E-state index contributed by atoms with van der Waals surface area (Å²) in [6.07, 6.45) is 0.879. The fraction of sp³-hybridized carbons (Fsp3) is 0.133. The zero-order chi connectivity index (χ0) is 13.8. The first-order chi connectivity index (χ1) is 9.10. The number of aryl methyl sites for hydroxylation is 1. The molecule has 0 aliphatic rings. The van der Waals surface area contributed by atoms with E-state index in [9.17, 15) is 9.18 Å². The van der Waals surface area contributed by atoms with Gasteiger partial charge in [-0.25, -0.2) is 4.39 Å². The molecule has 0 heterocycles. The van der Waals surface area contributed by atoms with Crippen LogP contribution in [0.3, 0.4) is 0 Å². The SMILES string of the molecule is CCc1cccc(NC(=O)c2cc(S)ccc2F)c1. The Morgan fingerprint density at radius 3 is 2.79 bits per heavy atom. The molecule has 19 heavy (non-hydrogen) atoms. The van der Waals surface area contributed by atoms with Gasteiger partial charge in [0.05, 0.1) is 5.56 Å². The van der Waals surface area contributed by atoms with Crippen LogP contribution in [-0.4, -0.2) is 5.91 Å². The molecule has 0 saturated heterocycles. The average Bonchev–Trinajstić information content (AvgIpc) is 2.41. The fourth-order valence-electron chi connectivity index (χ4n) is 1.75. The Bertz CT molecular complexity index is 613. The number of benzene rings is 2. The first-order valence-corrected chi connectivity index (χ1v) is 6.43. The lowest BCUT2D eigenvalue weighted by molar-refractivity contribution is 0.102. The number of hydrogen-bond acceptors (Lipinski definition) is 2. The van der Waals surface area contributed by atoms with Gasteiger partial charge in [0.1, 0.15) is 5.82 Å². The van der Waals surface area contributed by atoms with Crippen molar-refractivity contribution in [3.05, 3.63) is 59.4 Å². The van der Waals surface area contributed by atoms with Crippen molar-refractivity contribution in [2.75, 3.05) is 5.32 Å². The van der Waals surface area contributed by atoms with Gasteiger partial charge in [-0.3, -0.25) is 4.79 Å². The molecule has 0 fully saturated rings. The van der Waals surface area contributed by atoms with Crippen LogP contribution in [0.4, 0.5) is 10.1 Å². The molecule has 0 saturated carbocycles. The van der Waals surface area contributed by atoms with Gasteiger partial charge in [0.25, 0.3) is 5.91 Å². The van der Waals surface area contributed by atoms with Gasteiger partial charge >= 0.3 is 0 Å². The van der Waals surface area contributed by atoms with Crippen LogP contribution in [-0.2, 0) is 6.42 Å². The Morgan fingerprint density at radius 1 is 1.26 bits per heavy atom. The largest absolute Gasteiger partial charge is 0.322 e. The molecule has 2 nitrogen and oxygen atoms in total. The summed E-state index contributed by atoms with van der Waals surface area (Å²) in [4.78, 5) is 12.6. The Hall–Kier alpha value is -1.81. The van der Waals surface area contributed by atoms with E-state index in [4.69, 9.17) is 0 Å². The van der Waals surface area contributed by atoms with E-state index in [1.54, 1.807) is 6.07 Å². The van der Waals surface area contributed by atoms with Crippen molar-refractivity contribution in [2.45, 2.75) is 18.2 Å². The molecule has 0 radical (unpaired) electrons. The minimum absolute atomic E-state index is 0.00518. The van der Waals surface area contributed by atoms with Gasteiger partial charge < -0.3 is 5.32 Å². The number of carbonyl (C=O) groups excluding carboxylic acids is 1. The number of nitrogens with one attached hydrogen (secondary N) is 1. The Labute approximate surface area is 117 Å². The van der Waals surface area contributed by atoms with Gasteiger partial charge in [-0.05, 0) is 42.3 Å².